The Labute approximate surface area is 725 Å². The van der Waals surface area contributed by atoms with Gasteiger partial charge in [-0.25, -0.2) is 56.9 Å². The first-order valence-electron chi connectivity index (χ1n) is 43.5. The monoisotopic (exact) mass is 1650 g/mol. The molecular formula is C103H72N21O3+5. The SMILES string of the molecule is Cn1c2cccnc2c2c1[n+]1c(n2-c2ccccc2)-c2cnccc2C1.[2H]C([2H])([2H])n1c2cccnc2c2c1[n+]1c(n2-c2ccccc2)-c2cnccc2C1.c1ccc(-n2c3[n+](c4c2c2ncccc2n4-c2ccccc2)Cc2ccncc2-3)cc1.c1ccc(-n2c3[n+](c4oc5cccnc5c42)Cc2ccncc2-3)cc1.c1ccc2c(c1)C[n+]1c-2oc2oc3cccnc3c21. The third-order valence-corrected chi connectivity index (χ3v) is 25.1. The normalized spacial score (nSPS) is 13.1. The molecule has 0 spiro atoms. The van der Waals surface area contributed by atoms with Crippen molar-refractivity contribution in [1.29, 1.82) is 0 Å². The highest BCUT2D eigenvalue weighted by molar-refractivity contribution is 6.07. The summed E-state index contributed by atoms with van der Waals surface area (Å²) in [5, 5.41) is 0. The maximum atomic E-state index is 8.22. The van der Waals surface area contributed by atoms with E-state index in [0.717, 1.165) is 183 Å². The third kappa shape index (κ3) is 10.7. The zero-order valence-electron chi connectivity index (χ0n) is 71.0. The van der Waals surface area contributed by atoms with E-state index in [4.69, 9.17) is 27.3 Å². The maximum Gasteiger partial charge on any atom is 0.384 e. The Bertz CT molecular complexity index is 8930. The Morgan fingerprint density at radius 3 is 1.13 bits per heavy atom. The van der Waals surface area contributed by atoms with Gasteiger partial charge in [0.25, 0.3) is 22.8 Å². The van der Waals surface area contributed by atoms with Gasteiger partial charge >= 0.3 is 22.9 Å². The molecule has 0 N–H and O–H groups in total. The van der Waals surface area contributed by atoms with Gasteiger partial charge in [0.1, 0.15) is 68.1 Å². The lowest BCUT2D eigenvalue weighted by molar-refractivity contribution is -0.652. The van der Waals surface area contributed by atoms with Crippen LogP contribution in [0.2, 0.25) is 0 Å². The summed E-state index contributed by atoms with van der Waals surface area (Å²) in [6.45, 7) is 1.52. The molecule has 24 heterocycles. The van der Waals surface area contributed by atoms with Crippen LogP contribution in [0.1, 0.15) is 31.9 Å². The minimum atomic E-state index is -2.33. The van der Waals surface area contributed by atoms with Crippen molar-refractivity contribution in [2.24, 2.45) is 14.0 Å². The quantitative estimate of drug-likeness (QED) is 0.147. The van der Waals surface area contributed by atoms with Crippen LogP contribution >= 0.6 is 0 Å². The first kappa shape index (κ1) is 68.4. The summed E-state index contributed by atoms with van der Waals surface area (Å²) in [7, 11) is 2.12. The van der Waals surface area contributed by atoms with Crippen LogP contribution in [0.3, 0.4) is 0 Å². The number of para-hydroxylation sites is 5. The van der Waals surface area contributed by atoms with E-state index in [0.29, 0.717) is 29.0 Å². The van der Waals surface area contributed by atoms with Crippen LogP contribution < -0.4 is 22.8 Å². The molecule has 0 atom stereocenters. The summed E-state index contributed by atoms with van der Waals surface area (Å²) >= 11 is 0. The number of rotatable bonds is 5. The van der Waals surface area contributed by atoms with E-state index < -0.39 is 6.98 Å². The first-order valence-corrected chi connectivity index (χ1v) is 42.0. The topological polar surface area (TPSA) is 209 Å². The van der Waals surface area contributed by atoms with Crippen LogP contribution in [0, 0.1) is 0 Å². The molecule has 0 amide bonds. The zero-order valence-corrected chi connectivity index (χ0v) is 68.0. The molecule has 5 aliphatic rings. The van der Waals surface area contributed by atoms with E-state index in [1.807, 2.05) is 171 Å². The Hall–Kier alpha value is -17.3. The molecule has 0 bridgehead atoms. The van der Waals surface area contributed by atoms with Crippen LogP contribution in [-0.4, -0.2) is 76.8 Å². The molecule has 0 unspecified atom stereocenters. The van der Waals surface area contributed by atoms with Gasteiger partial charge in [-0.2, -0.15) is 9.13 Å². The molecule has 24 nitrogen and oxygen atoms in total. The zero-order chi connectivity index (χ0) is 86.1. The molecule has 0 aliphatic carbocycles. The minimum Gasteiger partial charge on any atom is -0.418 e. The Kier molecular flexibility index (Phi) is 15.2. The average Bonchev–Trinajstić information content (AvgIpc) is 1.54. The molecule has 24 heteroatoms. The maximum absolute atomic E-state index is 8.22. The summed E-state index contributed by atoms with van der Waals surface area (Å²) < 4.78 is 68.7. The summed E-state index contributed by atoms with van der Waals surface area (Å²) in [5.41, 5.74) is 35.1. The van der Waals surface area contributed by atoms with E-state index in [-0.39, 0.29) is 0 Å². The second-order valence-electron chi connectivity index (χ2n) is 32.0. The number of nitrogens with zero attached hydrogens (tertiary/aromatic N) is 21. The van der Waals surface area contributed by atoms with Crippen molar-refractivity contribution in [3.05, 3.63) is 369 Å². The van der Waals surface area contributed by atoms with E-state index in [2.05, 4.69) is 238 Å². The summed E-state index contributed by atoms with van der Waals surface area (Å²) in [4.78, 5) is 40.6. The number of fused-ring (bicyclic) bond motifs is 35. The van der Waals surface area contributed by atoms with Gasteiger partial charge in [-0.3, -0.25) is 29.1 Å². The molecule has 0 saturated carbocycles. The lowest BCUT2D eigenvalue weighted by atomic mass is 10.1. The lowest BCUT2D eigenvalue weighted by Gasteiger charge is -2.04. The van der Waals surface area contributed by atoms with Crippen molar-refractivity contribution in [2.75, 3.05) is 0 Å². The number of hydrogen-bond donors (Lipinski definition) is 0. The van der Waals surface area contributed by atoms with Crippen molar-refractivity contribution < 1.29 is 40.2 Å². The van der Waals surface area contributed by atoms with Gasteiger partial charge in [-0.05, 0) is 152 Å². The molecule has 6 aromatic carbocycles. The van der Waals surface area contributed by atoms with E-state index >= 15 is 0 Å². The van der Waals surface area contributed by atoms with Gasteiger partial charge in [0.2, 0.25) is 39.5 Å². The second-order valence-corrected chi connectivity index (χ2v) is 32.0. The number of imidazole rings is 4. The number of furan rings is 2. The van der Waals surface area contributed by atoms with Crippen molar-refractivity contribution in [3.63, 3.8) is 0 Å². The largest absolute Gasteiger partial charge is 0.418 e. The fourth-order valence-electron chi connectivity index (χ4n) is 19.8. The summed E-state index contributed by atoms with van der Waals surface area (Å²) in [5.74, 6) is 5.75. The number of aromatic nitrogens is 21. The number of benzene rings is 6. The van der Waals surface area contributed by atoms with E-state index in [9.17, 15) is 0 Å². The molecule has 25 aromatic rings. The van der Waals surface area contributed by atoms with Gasteiger partial charge in [0, 0.05) is 108 Å². The standard InChI is InChI=1S/C26H18N5.2C21H16N5.C20H13N4O.C15H9N2O2/c1-3-8-19(9-4-1)30-22-12-7-14-28-23(22)24-26(30)29-17-18-13-15-27-16-21(18)25(29)31(24)20-10-5-2-6-11-20;2*1-24-17-8-5-10-23-18(17)19-21(24)25-13-14-9-11-22-12-16(14)20(25)26(19)15-6-3-2-4-7-15;1-2-5-14(6-3-1)24-18-17-16(7-4-9-22-17)25-20(18)23-12-13-8-10-21-11-15(13)19(23)24;1-2-5-10-9(4-1)8-17-13-12-11(6-3-7-16-12)18-15(13)19-14(10)17/h1-16H,17H2;2*2-12H,13H2,1H3;1-11H,12H2;1-7H,8H2/q5*+1/i;1D3;;;. The van der Waals surface area contributed by atoms with Crippen LogP contribution in [0.4, 0.5) is 0 Å². The summed E-state index contributed by atoms with van der Waals surface area (Å²) in [6, 6.07) is 88.0. The van der Waals surface area contributed by atoms with Gasteiger partial charge in [0.15, 0.2) is 28.7 Å². The number of oxazole rings is 1. The average molecular weight is 1650 g/mol. The molecule has 127 heavy (non-hydrogen) atoms. The molecule has 0 saturated heterocycles. The molecule has 30 rings (SSSR count). The van der Waals surface area contributed by atoms with Crippen molar-refractivity contribution >= 4 is 111 Å². The van der Waals surface area contributed by atoms with Crippen LogP contribution in [-0.2, 0) is 46.7 Å². The molecule has 0 radical (unpaired) electrons. The second kappa shape index (κ2) is 28.1. The van der Waals surface area contributed by atoms with Gasteiger partial charge in [-0.1, -0.05) is 109 Å². The fourth-order valence-corrected chi connectivity index (χ4v) is 19.8. The Morgan fingerprint density at radius 1 is 0.283 bits per heavy atom. The Balaban J connectivity index is 0.0000000862. The van der Waals surface area contributed by atoms with E-state index in [1.165, 1.54) is 49.4 Å². The Morgan fingerprint density at radius 2 is 0.638 bits per heavy atom. The number of aryl methyl sites for hydroxylation is 2. The van der Waals surface area contributed by atoms with E-state index in [1.54, 1.807) is 24.7 Å². The molecule has 602 valence electrons. The molecular weight excluding hydrogens is 1580 g/mol. The number of pyridine rings is 9. The smallest absolute Gasteiger partial charge is 0.384 e. The number of hydrogen-bond acceptors (Lipinski definition) is 12. The van der Waals surface area contributed by atoms with Crippen molar-refractivity contribution in [1.82, 2.24) is 76.8 Å². The first-order chi connectivity index (χ1) is 64.1. The fraction of sp³-hybridized carbons (Fsp3) is 0.0680. The molecule has 5 aliphatic heterocycles. The van der Waals surface area contributed by atoms with Crippen LogP contribution in [0.25, 0.3) is 197 Å². The van der Waals surface area contributed by atoms with Crippen molar-refractivity contribution in [2.45, 2.75) is 32.7 Å². The third-order valence-electron chi connectivity index (χ3n) is 25.1. The lowest BCUT2D eigenvalue weighted by Crippen LogP contribution is -2.33. The predicted octanol–water partition coefficient (Wildman–Crippen LogP) is 17.5. The highest BCUT2D eigenvalue weighted by atomic mass is 16.5. The van der Waals surface area contributed by atoms with Crippen molar-refractivity contribution in [3.8, 4) is 85.4 Å². The highest BCUT2D eigenvalue weighted by Crippen LogP contribution is 2.44. The molecule has 0 fully saturated rings. The van der Waals surface area contributed by atoms with Crippen LogP contribution in [0.15, 0.2) is 355 Å². The minimum absolute atomic E-state index is 0.554. The molecule has 19 aromatic heterocycles. The van der Waals surface area contributed by atoms with Gasteiger partial charge in [-0.15, -0.1) is 4.57 Å². The van der Waals surface area contributed by atoms with Crippen LogP contribution in [0.5, 0.6) is 0 Å². The summed E-state index contributed by atoms with van der Waals surface area (Å²) in [6.07, 6.45) is 24.2. The van der Waals surface area contributed by atoms with Gasteiger partial charge in [0.05, 0.1) is 65.6 Å². The highest BCUT2D eigenvalue weighted by Gasteiger charge is 2.44. The van der Waals surface area contributed by atoms with Gasteiger partial charge < -0.3 is 13.3 Å². The predicted molar refractivity (Wildman–Crippen MR) is 482 cm³/mol.